The number of hydrogen-bond acceptors (Lipinski definition) is 1. The van der Waals surface area contributed by atoms with Gasteiger partial charge in [0, 0.05) is 6.61 Å². The number of aliphatic hydroxyl groups excluding tert-OH is 1. The summed E-state index contributed by atoms with van der Waals surface area (Å²) in [7, 11) is 0. The molecule has 0 spiro atoms. The molecule has 1 nitrogen and oxygen atoms in total. The van der Waals surface area contributed by atoms with Gasteiger partial charge in [0.1, 0.15) is 0 Å². The zero-order chi connectivity index (χ0) is 8.65. The standard InChI is InChI=1S/C6H7O.C5H5.Fe/c7-5-6-3-1-2-4-6;1-2-4-5-3-1;/h1-3,6-7H,5H2;1-3H,4H2;/q2*-1;+2/t6-;;/m1../s1. The van der Waals surface area contributed by atoms with Crippen molar-refractivity contribution in [3.8, 4) is 0 Å². The average Bonchev–Trinajstić information content (AvgIpc) is 2.81. The second-order valence-electron chi connectivity index (χ2n) is 2.51. The van der Waals surface area contributed by atoms with Crippen molar-refractivity contribution in [1.82, 2.24) is 0 Å². The van der Waals surface area contributed by atoms with Crippen LogP contribution in [0, 0.1) is 18.1 Å². The Morgan fingerprint density at radius 1 is 1.31 bits per heavy atom. The second-order valence-corrected chi connectivity index (χ2v) is 2.51. The molecule has 13 heavy (non-hydrogen) atoms. The van der Waals surface area contributed by atoms with Gasteiger partial charge in [-0.15, -0.1) is 6.42 Å². The Bertz CT molecular complexity index is 204. The van der Waals surface area contributed by atoms with Gasteiger partial charge in [0.15, 0.2) is 0 Å². The topological polar surface area (TPSA) is 20.2 Å². The molecular weight excluding hydrogens is 204 g/mol. The van der Waals surface area contributed by atoms with Crippen molar-refractivity contribution in [2.75, 3.05) is 6.61 Å². The van der Waals surface area contributed by atoms with Crippen LogP contribution in [0.4, 0.5) is 0 Å². The molecule has 0 unspecified atom stereocenters. The van der Waals surface area contributed by atoms with E-state index in [1.807, 2.05) is 30.4 Å². The Balaban J connectivity index is 0.000000215. The van der Waals surface area contributed by atoms with Gasteiger partial charge < -0.3 is 5.11 Å². The molecule has 2 heteroatoms. The van der Waals surface area contributed by atoms with E-state index in [0.717, 1.165) is 6.42 Å². The number of allylic oxidation sites excluding steroid dienone is 6. The molecule has 0 bridgehead atoms. The summed E-state index contributed by atoms with van der Waals surface area (Å²) in [5.74, 6) is 0.167. The minimum atomic E-state index is 0. The third-order valence-corrected chi connectivity index (χ3v) is 1.53. The molecule has 0 saturated heterocycles. The van der Waals surface area contributed by atoms with Crippen LogP contribution in [0.1, 0.15) is 6.42 Å². The van der Waals surface area contributed by atoms with E-state index in [9.17, 15) is 0 Å². The van der Waals surface area contributed by atoms with Crippen molar-refractivity contribution in [2.24, 2.45) is 5.92 Å². The fraction of sp³-hybridized carbons (Fsp3) is 0.273. The molecule has 0 amide bonds. The van der Waals surface area contributed by atoms with Gasteiger partial charge in [-0.1, -0.05) is 5.92 Å². The van der Waals surface area contributed by atoms with Crippen LogP contribution in [0.15, 0.2) is 36.5 Å². The monoisotopic (exact) mass is 216 g/mol. The summed E-state index contributed by atoms with van der Waals surface area (Å²) in [5, 5.41) is 8.43. The molecule has 2 aliphatic rings. The van der Waals surface area contributed by atoms with Crippen molar-refractivity contribution >= 4 is 0 Å². The maximum atomic E-state index is 8.43. The predicted molar refractivity (Wildman–Crippen MR) is 49.1 cm³/mol. The van der Waals surface area contributed by atoms with E-state index in [-0.39, 0.29) is 29.6 Å². The molecule has 1 atom stereocenters. The van der Waals surface area contributed by atoms with Crippen molar-refractivity contribution in [1.29, 1.82) is 0 Å². The molecule has 0 aliphatic heterocycles. The minimum absolute atomic E-state index is 0. The van der Waals surface area contributed by atoms with Crippen LogP contribution in [0.2, 0.25) is 0 Å². The summed E-state index contributed by atoms with van der Waals surface area (Å²) in [6.45, 7) is 0.188. The molecule has 2 rings (SSSR count). The molecule has 1 N–H and O–H groups in total. The maximum Gasteiger partial charge on any atom is 2.00 e. The normalized spacial score (nSPS) is 21.2. The van der Waals surface area contributed by atoms with E-state index in [1.54, 1.807) is 0 Å². The van der Waals surface area contributed by atoms with Gasteiger partial charge >= 0.3 is 17.1 Å². The van der Waals surface area contributed by atoms with Gasteiger partial charge in [0.05, 0.1) is 0 Å². The van der Waals surface area contributed by atoms with Gasteiger partial charge in [-0.2, -0.15) is 12.2 Å². The Labute approximate surface area is 90.0 Å². The first-order valence-corrected chi connectivity index (χ1v) is 4.02. The summed E-state index contributed by atoms with van der Waals surface area (Å²) in [5.41, 5.74) is 0. The van der Waals surface area contributed by atoms with Gasteiger partial charge in [0.2, 0.25) is 0 Å². The SMILES string of the molecule is OC[C@H]1[C-]=CC=C1.[C-]1=CC=CC1.[Fe+2]. The minimum Gasteiger partial charge on any atom is -0.397 e. The van der Waals surface area contributed by atoms with E-state index in [2.05, 4.69) is 18.2 Å². The quantitative estimate of drug-likeness (QED) is 0.523. The molecule has 0 aromatic heterocycles. The van der Waals surface area contributed by atoms with E-state index in [1.165, 1.54) is 0 Å². The van der Waals surface area contributed by atoms with Crippen LogP contribution >= 0.6 is 0 Å². The molecule has 0 saturated carbocycles. The molecule has 0 aromatic rings. The molecule has 70 valence electrons. The summed E-state index contributed by atoms with van der Waals surface area (Å²) in [6, 6.07) is 0. The van der Waals surface area contributed by atoms with Gasteiger partial charge in [-0.3, -0.25) is 12.2 Å². The zero-order valence-corrected chi connectivity index (χ0v) is 8.36. The fourth-order valence-corrected chi connectivity index (χ4v) is 0.878. The second kappa shape index (κ2) is 8.06. The van der Waals surface area contributed by atoms with E-state index < -0.39 is 0 Å². The Morgan fingerprint density at radius 2 is 2.15 bits per heavy atom. The molecule has 0 radical (unpaired) electrons. The zero-order valence-electron chi connectivity index (χ0n) is 7.26. The van der Waals surface area contributed by atoms with Crippen LogP contribution in [0.25, 0.3) is 0 Å². The first-order valence-electron chi connectivity index (χ1n) is 4.02. The molecule has 0 fully saturated rings. The van der Waals surface area contributed by atoms with Gasteiger partial charge in [-0.25, -0.2) is 24.3 Å². The van der Waals surface area contributed by atoms with Crippen LogP contribution in [0.5, 0.6) is 0 Å². The van der Waals surface area contributed by atoms with Crippen molar-refractivity contribution in [2.45, 2.75) is 6.42 Å². The van der Waals surface area contributed by atoms with Crippen LogP contribution in [0.3, 0.4) is 0 Å². The average molecular weight is 216 g/mol. The summed E-state index contributed by atoms with van der Waals surface area (Å²) < 4.78 is 0. The third-order valence-electron chi connectivity index (χ3n) is 1.53. The molecule has 0 heterocycles. The summed E-state index contributed by atoms with van der Waals surface area (Å²) >= 11 is 0. The number of aliphatic hydroxyl groups is 1. The molecule has 0 aromatic carbocycles. The van der Waals surface area contributed by atoms with Crippen molar-refractivity contribution in [3.63, 3.8) is 0 Å². The van der Waals surface area contributed by atoms with Crippen molar-refractivity contribution < 1.29 is 22.2 Å². The molecular formula is C11H12FeO. The maximum absolute atomic E-state index is 8.43. The largest absolute Gasteiger partial charge is 2.00 e. The number of hydrogen-bond donors (Lipinski definition) is 1. The predicted octanol–water partition coefficient (Wildman–Crippen LogP) is 1.83. The smallest absolute Gasteiger partial charge is 0.397 e. The van der Waals surface area contributed by atoms with Crippen molar-refractivity contribution in [3.05, 3.63) is 48.6 Å². The van der Waals surface area contributed by atoms with Crippen LogP contribution in [-0.4, -0.2) is 11.7 Å². The van der Waals surface area contributed by atoms with E-state index in [0.29, 0.717) is 0 Å². The summed E-state index contributed by atoms with van der Waals surface area (Å²) in [4.78, 5) is 0. The first-order chi connectivity index (χ1) is 5.93. The van der Waals surface area contributed by atoms with E-state index in [4.69, 9.17) is 5.11 Å². The Morgan fingerprint density at radius 3 is 2.38 bits per heavy atom. The van der Waals surface area contributed by atoms with E-state index >= 15 is 0 Å². The Hall–Kier alpha value is -0.561. The van der Waals surface area contributed by atoms with Gasteiger partial charge in [0.25, 0.3) is 0 Å². The van der Waals surface area contributed by atoms with Crippen LogP contribution < -0.4 is 0 Å². The van der Waals surface area contributed by atoms with Gasteiger partial charge in [-0.05, 0) is 0 Å². The third kappa shape index (κ3) is 5.64. The first kappa shape index (κ1) is 12.4. The number of rotatable bonds is 1. The van der Waals surface area contributed by atoms with Crippen LogP contribution in [-0.2, 0) is 17.1 Å². The molecule has 2 aliphatic carbocycles. The summed E-state index contributed by atoms with van der Waals surface area (Å²) in [6.07, 6.45) is 18.5. The fourth-order valence-electron chi connectivity index (χ4n) is 0.878. The Kier molecular flexibility index (Phi) is 7.71.